The number of aliphatic hydroxyl groups excluding tert-OH is 1. The van der Waals surface area contributed by atoms with Gasteiger partial charge in [-0.2, -0.15) is 0 Å². The molecule has 1 aliphatic rings. The van der Waals surface area contributed by atoms with Crippen LogP contribution in [0.1, 0.15) is 17.3 Å². The largest absolute Gasteiger partial charge is 0.507 e. The lowest BCUT2D eigenvalue weighted by atomic mass is 9.95. The zero-order valence-electron chi connectivity index (χ0n) is 15.9. The molecule has 1 fully saturated rings. The SMILES string of the molecule is COCCN1C(=O)C(=O)/C(=C(\O)c2cccc3ccccc23)C1c1ccccn1. The van der Waals surface area contributed by atoms with Crippen molar-refractivity contribution in [1.29, 1.82) is 0 Å². The second-order valence-corrected chi connectivity index (χ2v) is 6.77. The van der Waals surface area contributed by atoms with Crippen LogP contribution in [0.4, 0.5) is 0 Å². The lowest BCUT2D eigenvalue weighted by Crippen LogP contribution is -2.33. The number of fused-ring (bicyclic) bond motifs is 1. The van der Waals surface area contributed by atoms with E-state index in [2.05, 4.69) is 4.98 Å². The van der Waals surface area contributed by atoms with Gasteiger partial charge in [-0.15, -0.1) is 0 Å². The van der Waals surface area contributed by atoms with Crippen molar-refractivity contribution < 1.29 is 19.4 Å². The van der Waals surface area contributed by atoms with Gasteiger partial charge in [0.05, 0.1) is 17.9 Å². The average Bonchev–Trinajstić information content (AvgIpc) is 3.02. The summed E-state index contributed by atoms with van der Waals surface area (Å²) in [5.41, 5.74) is 1.07. The van der Waals surface area contributed by atoms with Crippen LogP contribution in [0.3, 0.4) is 0 Å². The van der Waals surface area contributed by atoms with Crippen LogP contribution in [0, 0.1) is 0 Å². The number of nitrogens with zero attached hydrogens (tertiary/aromatic N) is 2. The highest BCUT2D eigenvalue weighted by Gasteiger charge is 2.46. The Balaban J connectivity index is 1.93. The Labute approximate surface area is 168 Å². The fraction of sp³-hybridized carbons (Fsp3) is 0.174. The molecule has 4 rings (SSSR count). The molecule has 29 heavy (non-hydrogen) atoms. The van der Waals surface area contributed by atoms with Crippen LogP contribution in [-0.4, -0.2) is 46.9 Å². The minimum absolute atomic E-state index is 0.0427. The van der Waals surface area contributed by atoms with Gasteiger partial charge in [-0.3, -0.25) is 14.6 Å². The van der Waals surface area contributed by atoms with Gasteiger partial charge in [-0.05, 0) is 22.9 Å². The molecule has 0 aliphatic carbocycles. The molecular formula is C23H20N2O4. The van der Waals surface area contributed by atoms with Gasteiger partial charge in [0, 0.05) is 25.4 Å². The number of hydrogen-bond donors (Lipinski definition) is 1. The number of ketones is 1. The first kappa shape index (κ1) is 18.8. The summed E-state index contributed by atoms with van der Waals surface area (Å²) >= 11 is 0. The van der Waals surface area contributed by atoms with E-state index in [1.807, 2.05) is 36.4 Å². The van der Waals surface area contributed by atoms with Crippen LogP contribution in [-0.2, 0) is 14.3 Å². The highest BCUT2D eigenvalue weighted by molar-refractivity contribution is 6.46. The third kappa shape index (κ3) is 3.28. The number of carbonyl (C=O) groups is 2. The minimum atomic E-state index is -0.773. The summed E-state index contributed by atoms with van der Waals surface area (Å²) in [6, 6.07) is 17.6. The number of aliphatic hydroxyl groups is 1. The van der Waals surface area contributed by atoms with Gasteiger partial charge in [-0.1, -0.05) is 48.5 Å². The molecule has 0 saturated carbocycles. The van der Waals surface area contributed by atoms with E-state index < -0.39 is 17.7 Å². The molecule has 3 aromatic rings. The Morgan fingerprint density at radius 3 is 2.59 bits per heavy atom. The molecule has 2 heterocycles. The Hall–Kier alpha value is -3.51. The monoisotopic (exact) mass is 388 g/mol. The molecule has 0 radical (unpaired) electrons. The molecule has 1 unspecified atom stereocenters. The van der Waals surface area contributed by atoms with Crippen molar-refractivity contribution in [3.8, 4) is 0 Å². The van der Waals surface area contributed by atoms with Gasteiger partial charge >= 0.3 is 0 Å². The number of methoxy groups -OCH3 is 1. The van der Waals surface area contributed by atoms with Crippen molar-refractivity contribution in [2.45, 2.75) is 6.04 Å². The van der Waals surface area contributed by atoms with E-state index in [0.29, 0.717) is 11.3 Å². The third-order valence-electron chi connectivity index (χ3n) is 5.09. The van der Waals surface area contributed by atoms with Gasteiger partial charge in [-0.25, -0.2) is 0 Å². The van der Waals surface area contributed by atoms with E-state index in [1.165, 1.54) is 12.0 Å². The van der Waals surface area contributed by atoms with E-state index in [4.69, 9.17) is 4.74 Å². The number of pyridine rings is 1. The molecule has 1 aromatic heterocycles. The first-order valence-electron chi connectivity index (χ1n) is 9.30. The van der Waals surface area contributed by atoms with Crippen LogP contribution in [0.5, 0.6) is 0 Å². The number of Topliss-reactive ketones (excluding diaryl/α,β-unsaturated/α-hetero) is 1. The summed E-state index contributed by atoms with van der Waals surface area (Å²) in [5, 5.41) is 12.9. The topological polar surface area (TPSA) is 79.7 Å². The van der Waals surface area contributed by atoms with E-state index >= 15 is 0 Å². The van der Waals surface area contributed by atoms with Gasteiger partial charge in [0.15, 0.2) is 0 Å². The molecular weight excluding hydrogens is 368 g/mol. The van der Waals surface area contributed by atoms with Crippen LogP contribution < -0.4 is 0 Å². The normalized spacial score (nSPS) is 18.5. The Bertz CT molecular complexity index is 1100. The van der Waals surface area contributed by atoms with E-state index in [1.54, 1.807) is 30.5 Å². The Kier molecular flexibility index (Phi) is 5.10. The standard InChI is InChI=1S/C23H20N2O4/c1-29-14-13-25-20(18-11-4-5-12-24-18)19(22(27)23(25)28)21(26)17-10-6-8-15-7-2-3-9-16(15)17/h2-12,20,26H,13-14H2,1H3/b21-19-. The molecule has 1 atom stereocenters. The van der Waals surface area contributed by atoms with Crippen LogP contribution in [0.2, 0.25) is 0 Å². The zero-order chi connectivity index (χ0) is 20.4. The van der Waals surface area contributed by atoms with Crippen molar-refractivity contribution in [1.82, 2.24) is 9.88 Å². The van der Waals surface area contributed by atoms with Gasteiger partial charge in [0.2, 0.25) is 0 Å². The maximum Gasteiger partial charge on any atom is 0.295 e. The number of hydrogen-bond acceptors (Lipinski definition) is 5. The predicted molar refractivity (Wildman–Crippen MR) is 109 cm³/mol. The zero-order valence-corrected chi connectivity index (χ0v) is 15.9. The number of carbonyl (C=O) groups excluding carboxylic acids is 2. The lowest BCUT2D eigenvalue weighted by molar-refractivity contribution is -0.140. The minimum Gasteiger partial charge on any atom is -0.507 e. The molecule has 6 nitrogen and oxygen atoms in total. The molecule has 1 saturated heterocycles. The van der Waals surface area contributed by atoms with Crippen molar-refractivity contribution >= 4 is 28.2 Å². The summed E-state index contributed by atoms with van der Waals surface area (Å²) in [4.78, 5) is 31.4. The van der Waals surface area contributed by atoms with Gasteiger partial charge in [0.1, 0.15) is 11.8 Å². The number of rotatable bonds is 5. The third-order valence-corrected chi connectivity index (χ3v) is 5.09. The van der Waals surface area contributed by atoms with Crippen molar-refractivity contribution in [2.24, 2.45) is 0 Å². The summed E-state index contributed by atoms with van der Waals surface area (Å²) in [5.74, 6) is -1.59. The second-order valence-electron chi connectivity index (χ2n) is 6.77. The molecule has 0 bridgehead atoms. The fourth-order valence-corrected chi connectivity index (χ4v) is 3.72. The number of benzene rings is 2. The van der Waals surface area contributed by atoms with Crippen LogP contribution >= 0.6 is 0 Å². The molecule has 1 aliphatic heterocycles. The number of aromatic nitrogens is 1. The second kappa shape index (κ2) is 7.85. The average molecular weight is 388 g/mol. The van der Waals surface area contributed by atoms with E-state index in [-0.39, 0.29) is 24.5 Å². The van der Waals surface area contributed by atoms with Crippen molar-refractivity contribution in [3.05, 3.63) is 83.7 Å². The quantitative estimate of drug-likeness (QED) is 0.412. The maximum atomic E-state index is 12.9. The Morgan fingerprint density at radius 2 is 1.83 bits per heavy atom. The van der Waals surface area contributed by atoms with Crippen LogP contribution in [0.25, 0.3) is 16.5 Å². The first-order chi connectivity index (χ1) is 14.1. The number of amides is 1. The first-order valence-corrected chi connectivity index (χ1v) is 9.30. The fourth-order valence-electron chi connectivity index (χ4n) is 3.72. The van der Waals surface area contributed by atoms with E-state index in [9.17, 15) is 14.7 Å². The van der Waals surface area contributed by atoms with Crippen molar-refractivity contribution in [3.63, 3.8) is 0 Å². The van der Waals surface area contributed by atoms with Crippen molar-refractivity contribution in [2.75, 3.05) is 20.3 Å². The summed E-state index contributed by atoms with van der Waals surface area (Å²) in [6.07, 6.45) is 1.60. The predicted octanol–water partition coefficient (Wildman–Crippen LogP) is 3.30. The molecule has 2 aromatic carbocycles. The van der Waals surface area contributed by atoms with E-state index in [0.717, 1.165) is 10.8 Å². The molecule has 1 N–H and O–H groups in total. The molecule has 1 amide bonds. The number of ether oxygens (including phenoxy) is 1. The Morgan fingerprint density at radius 1 is 1.07 bits per heavy atom. The molecule has 0 spiro atoms. The smallest absolute Gasteiger partial charge is 0.295 e. The van der Waals surface area contributed by atoms with Crippen LogP contribution in [0.15, 0.2) is 72.4 Å². The highest BCUT2D eigenvalue weighted by atomic mass is 16.5. The molecule has 146 valence electrons. The van der Waals surface area contributed by atoms with Gasteiger partial charge in [0.25, 0.3) is 11.7 Å². The lowest BCUT2D eigenvalue weighted by Gasteiger charge is -2.24. The number of likely N-dealkylation sites (tertiary alicyclic amines) is 1. The summed E-state index contributed by atoms with van der Waals surface area (Å²) < 4.78 is 5.11. The summed E-state index contributed by atoms with van der Waals surface area (Å²) in [6.45, 7) is 0.485. The summed E-state index contributed by atoms with van der Waals surface area (Å²) in [7, 11) is 1.53. The molecule has 6 heteroatoms. The maximum absolute atomic E-state index is 12.9. The highest BCUT2D eigenvalue weighted by Crippen LogP contribution is 2.39. The van der Waals surface area contributed by atoms with Gasteiger partial charge < -0.3 is 14.7 Å².